The summed E-state index contributed by atoms with van der Waals surface area (Å²) in [5, 5.41) is 15.2. The van der Waals surface area contributed by atoms with Crippen LogP contribution in [0.2, 0.25) is 0 Å². The number of hydrogen-bond acceptors (Lipinski definition) is 6. The lowest BCUT2D eigenvalue weighted by atomic mass is 10.0. The van der Waals surface area contributed by atoms with Gasteiger partial charge in [-0.1, -0.05) is 54.6 Å². The minimum atomic E-state index is 0.0825. The van der Waals surface area contributed by atoms with Crippen molar-refractivity contribution in [3.8, 4) is 11.8 Å². The maximum absolute atomic E-state index is 9.58. The van der Waals surface area contributed by atoms with E-state index in [0.29, 0.717) is 24.7 Å². The van der Waals surface area contributed by atoms with Gasteiger partial charge in [0.05, 0.1) is 19.6 Å². The van der Waals surface area contributed by atoms with Gasteiger partial charge in [-0.25, -0.2) is 4.98 Å². The molecule has 6 nitrogen and oxygen atoms in total. The molecule has 0 bridgehead atoms. The fourth-order valence-corrected chi connectivity index (χ4v) is 3.86. The van der Waals surface area contributed by atoms with E-state index in [1.807, 2.05) is 56.6 Å². The largest absolute Gasteiger partial charge is 0.497 e. The molecule has 4 rings (SSSR count). The van der Waals surface area contributed by atoms with Crippen molar-refractivity contribution in [1.29, 1.82) is 5.26 Å². The summed E-state index contributed by atoms with van der Waals surface area (Å²) in [7, 11) is 5.70. The molecule has 1 atom stereocenters. The Morgan fingerprint density at radius 1 is 1.06 bits per heavy atom. The number of anilines is 1. The second kappa shape index (κ2) is 9.54. The van der Waals surface area contributed by atoms with Crippen molar-refractivity contribution < 1.29 is 9.15 Å². The van der Waals surface area contributed by atoms with Gasteiger partial charge in [-0.05, 0) is 48.1 Å². The molecule has 0 spiro atoms. The van der Waals surface area contributed by atoms with Gasteiger partial charge in [0.1, 0.15) is 11.8 Å². The van der Waals surface area contributed by atoms with Gasteiger partial charge in [-0.15, -0.1) is 0 Å². The first-order chi connectivity index (χ1) is 15.6. The second-order valence-electron chi connectivity index (χ2n) is 7.85. The van der Waals surface area contributed by atoms with Crippen molar-refractivity contribution in [2.75, 3.05) is 33.1 Å². The maximum atomic E-state index is 9.58. The van der Waals surface area contributed by atoms with Gasteiger partial charge in [0.2, 0.25) is 17.5 Å². The minimum absolute atomic E-state index is 0.0825. The predicted molar refractivity (Wildman–Crippen MR) is 126 cm³/mol. The SMILES string of the molecule is COc1ccc([C@H](CNc2oc(Cc3cccc4ccccc34)nc2C#N)N(C)C)cc1. The van der Waals surface area contributed by atoms with E-state index >= 15 is 0 Å². The number of methoxy groups -OCH3 is 1. The summed E-state index contributed by atoms with van der Waals surface area (Å²) in [5.74, 6) is 1.74. The molecular formula is C26H26N4O2. The van der Waals surface area contributed by atoms with Crippen LogP contribution in [-0.2, 0) is 6.42 Å². The third-order valence-electron chi connectivity index (χ3n) is 5.58. The molecule has 162 valence electrons. The van der Waals surface area contributed by atoms with Crippen molar-refractivity contribution in [2.24, 2.45) is 0 Å². The molecule has 0 aliphatic rings. The monoisotopic (exact) mass is 426 g/mol. The lowest BCUT2D eigenvalue weighted by Crippen LogP contribution is -2.26. The highest BCUT2D eigenvalue weighted by Gasteiger charge is 2.18. The molecule has 32 heavy (non-hydrogen) atoms. The number of rotatable bonds is 8. The highest BCUT2D eigenvalue weighted by atomic mass is 16.5. The van der Waals surface area contributed by atoms with E-state index in [4.69, 9.17) is 9.15 Å². The molecule has 0 fully saturated rings. The van der Waals surface area contributed by atoms with Crippen molar-refractivity contribution in [2.45, 2.75) is 12.5 Å². The van der Waals surface area contributed by atoms with E-state index in [9.17, 15) is 5.26 Å². The number of oxazole rings is 1. The highest BCUT2D eigenvalue weighted by molar-refractivity contribution is 5.85. The van der Waals surface area contributed by atoms with E-state index in [1.165, 1.54) is 5.39 Å². The van der Waals surface area contributed by atoms with Crippen LogP contribution in [-0.4, -0.2) is 37.6 Å². The van der Waals surface area contributed by atoms with Crippen molar-refractivity contribution in [1.82, 2.24) is 9.88 Å². The smallest absolute Gasteiger partial charge is 0.232 e. The fourth-order valence-electron chi connectivity index (χ4n) is 3.86. The van der Waals surface area contributed by atoms with Gasteiger partial charge >= 0.3 is 0 Å². The molecule has 0 radical (unpaired) electrons. The van der Waals surface area contributed by atoms with Gasteiger partial charge < -0.3 is 19.4 Å². The zero-order valence-corrected chi connectivity index (χ0v) is 18.5. The number of benzene rings is 3. The zero-order valence-electron chi connectivity index (χ0n) is 18.5. The summed E-state index contributed by atoms with van der Waals surface area (Å²) >= 11 is 0. The van der Waals surface area contributed by atoms with Crippen molar-refractivity contribution >= 4 is 16.7 Å². The van der Waals surface area contributed by atoms with Gasteiger partial charge in [0.15, 0.2) is 0 Å². The second-order valence-corrected chi connectivity index (χ2v) is 7.85. The lowest BCUT2D eigenvalue weighted by molar-refractivity contribution is 0.310. The van der Waals surface area contributed by atoms with Crippen molar-refractivity contribution in [3.05, 3.63) is 89.4 Å². The van der Waals surface area contributed by atoms with E-state index in [2.05, 4.69) is 45.5 Å². The molecule has 0 unspecified atom stereocenters. The quantitative estimate of drug-likeness (QED) is 0.427. The molecule has 4 aromatic rings. The number of fused-ring (bicyclic) bond motifs is 1. The molecule has 6 heteroatoms. The summed E-state index contributed by atoms with van der Waals surface area (Å²) < 4.78 is 11.2. The van der Waals surface area contributed by atoms with Crippen molar-refractivity contribution in [3.63, 3.8) is 0 Å². The van der Waals surface area contributed by atoms with E-state index < -0.39 is 0 Å². The Morgan fingerprint density at radius 2 is 1.81 bits per heavy atom. The number of likely N-dealkylation sites (N-methyl/N-ethyl adjacent to an activating group) is 1. The van der Waals surface area contributed by atoms with Crippen LogP contribution in [0.5, 0.6) is 5.75 Å². The topological polar surface area (TPSA) is 74.3 Å². The van der Waals surface area contributed by atoms with Crippen LogP contribution in [0.3, 0.4) is 0 Å². The van der Waals surface area contributed by atoms with Crippen LogP contribution >= 0.6 is 0 Å². The standard InChI is InChI=1S/C26H26N4O2/c1-30(2)24(19-11-13-21(31-3)14-12-19)17-28-26-23(16-27)29-25(32-26)15-20-9-6-8-18-7-4-5-10-22(18)20/h4-14,24,28H,15,17H2,1-3H3/t24-/m0/s1. The first kappa shape index (κ1) is 21.4. The number of ether oxygens (including phenoxy) is 1. The lowest BCUT2D eigenvalue weighted by Gasteiger charge is -2.25. The normalized spacial score (nSPS) is 12.0. The van der Waals surface area contributed by atoms with Crippen LogP contribution in [0.1, 0.15) is 28.8 Å². The number of nitrogens with one attached hydrogen (secondary N) is 1. The molecule has 1 aromatic heterocycles. The van der Waals surface area contributed by atoms with Gasteiger partial charge in [-0.2, -0.15) is 5.26 Å². The van der Waals surface area contributed by atoms with Gasteiger partial charge in [-0.3, -0.25) is 0 Å². The third kappa shape index (κ3) is 4.58. The minimum Gasteiger partial charge on any atom is -0.497 e. The van der Waals surface area contributed by atoms with Crippen LogP contribution in [0.15, 0.2) is 71.1 Å². The Morgan fingerprint density at radius 3 is 2.53 bits per heavy atom. The third-order valence-corrected chi connectivity index (χ3v) is 5.58. The Hall–Kier alpha value is -3.82. The van der Waals surface area contributed by atoms with Gasteiger partial charge in [0.25, 0.3) is 0 Å². The van der Waals surface area contributed by atoms with Crippen LogP contribution < -0.4 is 10.1 Å². The molecule has 0 saturated heterocycles. The molecule has 0 amide bonds. The number of nitrogens with zero attached hydrogens (tertiary/aromatic N) is 3. The summed E-state index contributed by atoms with van der Waals surface area (Å²) in [4.78, 5) is 6.55. The van der Waals surface area contributed by atoms with Gasteiger partial charge in [0, 0.05) is 6.54 Å². The number of nitriles is 1. The maximum Gasteiger partial charge on any atom is 0.232 e. The molecule has 1 N–H and O–H groups in total. The molecule has 3 aromatic carbocycles. The Bertz CT molecular complexity index is 1230. The van der Waals surface area contributed by atoms with E-state index in [1.54, 1.807) is 7.11 Å². The Labute approximate surface area is 188 Å². The average molecular weight is 427 g/mol. The zero-order chi connectivity index (χ0) is 22.5. The summed E-state index contributed by atoms with van der Waals surface area (Å²) in [5.41, 5.74) is 2.52. The Balaban J connectivity index is 1.53. The molecule has 0 aliphatic carbocycles. The summed E-state index contributed by atoms with van der Waals surface area (Å²) in [6.45, 7) is 0.566. The molecule has 0 aliphatic heterocycles. The van der Waals surface area contributed by atoms with Crippen LogP contribution in [0.4, 0.5) is 5.88 Å². The van der Waals surface area contributed by atoms with Crippen LogP contribution in [0.25, 0.3) is 10.8 Å². The first-order valence-corrected chi connectivity index (χ1v) is 10.5. The van der Waals surface area contributed by atoms with E-state index in [-0.39, 0.29) is 11.7 Å². The first-order valence-electron chi connectivity index (χ1n) is 10.5. The molecular weight excluding hydrogens is 400 g/mol. The molecule has 0 saturated carbocycles. The van der Waals surface area contributed by atoms with Crippen LogP contribution in [0, 0.1) is 11.3 Å². The van der Waals surface area contributed by atoms with E-state index in [0.717, 1.165) is 22.3 Å². The number of aromatic nitrogens is 1. The Kier molecular flexibility index (Phi) is 6.39. The molecule has 1 heterocycles. The summed E-state index contributed by atoms with van der Waals surface area (Å²) in [6, 6.07) is 24.6. The highest BCUT2D eigenvalue weighted by Crippen LogP contribution is 2.26. The number of hydrogen-bond donors (Lipinski definition) is 1. The predicted octanol–water partition coefficient (Wildman–Crippen LogP) is 5.01. The average Bonchev–Trinajstić information content (AvgIpc) is 3.21. The summed E-state index contributed by atoms with van der Waals surface area (Å²) in [6.07, 6.45) is 0.521. The fraction of sp³-hybridized carbons (Fsp3) is 0.231.